The quantitative estimate of drug-likeness (QED) is 0.309. The van der Waals surface area contributed by atoms with Gasteiger partial charge in [-0.15, -0.1) is 0 Å². The Balaban J connectivity index is 1.27. The molecule has 0 fully saturated rings. The maximum absolute atomic E-state index is 12.7. The van der Waals surface area contributed by atoms with Crippen LogP contribution in [0.3, 0.4) is 0 Å². The fourth-order valence-electron chi connectivity index (χ4n) is 3.70. The van der Waals surface area contributed by atoms with Crippen molar-refractivity contribution >= 4 is 34.8 Å². The lowest BCUT2D eigenvalue weighted by Crippen LogP contribution is -2.26. The summed E-state index contributed by atoms with van der Waals surface area (Å²) in [6.45, 7) is 0.458. The summed E-state index contributed by atoms with van der Waals surface area (Å²) in [5, 5.41) is 8.75. The lowest BCUT2D eigenvalue weighted by molar-refractivity contribution is -0.114. The van der Waals surface area contributed by atoms with Gasteiger partial charge in [-0.3, -0.25) is 14.4 Å². The van der Waals surface area contributed by atoms with E-state index in [1.165, 1.54) is 0 Å². The van der Waals surface area contributed by atoms with Crippen LogP contribution in [0.15, 0.2) is 109 Å². The predicted octanol–water partition coefficient (Wildman–Crippen LogP) is 4.94. The molecule has 3 amide bonds. The van der Waals surface area contributed by atoms with Gasteiger partial charge in [-0.05, 0) is 60.2 Å². The molecule has 4 aromatic carbocycles. The first-order valence-electron chi connectivity index (χ1n) is 11.9. The fourth-order valence-corrected chi connectivity index (χ4v) is 3.70. The smallest absolute Gasteiger partial charge is 0.258 e. The molecule has 0 heterocycles. The second kappa shape index (κ2) is 12.2. The van der Waals surface area contributed by atoms with Gasteiger partial charge in [0.1, 0.15) is 0 Å². The van der Waals surface area contributed by atoms with Crippen LogP contribution < -0.4 is 20.9 Å². The third-order valence-electron chi connectivity index (χ3n) is 5.74. The minimum Gasteiger partial charge on any atom is -0.376 e. The van der Waals surface area contributed by atoms with Crippen molar-refractivity contribution in [2.75, 3.05) is 29.1 Å². The summed E-state index contributed by atoms with van der Waals surface area (Å²) in [4.78, 5) is 39.3. The van der Waals surface area contributed by atoms with Crippen LogP contribution in [0.4, 0.5) is 17.1 Å². The van der Waals surface area contributed by atoms with Crippen molar-refractivity contribution in [2.24, 2.45) is 0 Å². The topological polar surface area (TPSA) is 90.5 Å². The number of nitrogens with zero attached hydrogens (tertiary/aromatic N) is 1. The summed E-state index contributed by atoms with van der Waals surface area (Å²) >= 11 is 0. The van der Waals surface area contributed by atoms with Crippen LogP contribution in [-0.4, -0.2) is 31.3 Å². The molecule has 7 heteroatoms. The van der Waals surface area contributed by atoms with Gasteiger partial charge in [-0.2, -0.15) is 0 Å². The molecule has 0 unspecified atom stereocenters. The van der Waals surface area contributed by atoms with Gasteiger partial charge < -0.3 is 20.9 Å². The molecule has 0 atom stereocenters. The Morgan fingerprint density at radius 1 is 0.703 bits per heavy atom. The number of rotatable bonds is 9. The van der Waals surface area contributed by atoms with E-state index in [4.69, 9.17) is 0 Å². The Kier molecular flexibility index (Phi) is 8.29. The van der Waals surface area contributed by atoms with Crippen LogP contribution in [0.2, 0.25) is 0 Å². The second-order valence-electron chi connectivity index (χ2n) is 8.43. The lowest BCUT2D eigenvalue weighted by atomic mass is 10.1. The summed E-state index contributed by atoms with van der Waals surface area (Å²) in [5.41, 5.74) is 4.08. The molecule has 0 saturated carbocycles. The van der Waals surface area contributed by atoms with Crippen molar-refractivity contribution in [2.45, 2.75) is 6.54 Å². The second-order valence-corrected chi connectivity index (χ2v) is 8.43. The van der Waals surface area contributed by atoms with Crippen molar-refractivity contribution in [3.05, 3.63) is 126 Å². The number of anilines is 3. The number of carbonyl (C=O) groups excluding carboxylic acids is 3. The van der Waals surface area contributed by atoms with Gasteiger partial charge in [0.2, 0.25) is 5.91 Å². The molecular weight excluding hydrogens is 464 g/mol. The van der Waals surface area contributed by atoms with E-state index in [0.717, 1.165) is 11.3 Å². The van der Waals surface area contributed by atoms with Crippen LogP contribution in [0.1, 0.15) is 26.3 Å². The van der Waals surface area contributed by atoms with E-state index < -0.39 is 0 Å². The third-order valence-corrected chi connectivity index (χ3v) is 5.74. The molecule has 7 nitrogen and oxygen atoms in total. The standard InChI is InChI=1S/C30H28N4O3/c1-34(27-13-6-3-7-14-27)30(37)23-15-17-25(18-16-23)33-28(35)21-31-26-12-8-11-24(19-26)29(36)32-20-22-9-4-2-5-10-22/h2-19,31H,20-21H2,1H3,(H,32,36)(H,33,35). The zero-order valence-electron chi connectivity index (χ0n) is 20.5. The molecule has 37 heavy (non-hydrogen) atoms. The van der Waals surface area contributed by atoms with Crippen LogP contribution in [0.5, 0.6) is 0 Å². The predicted molar refractivity (Wildman–Crippen MR) is 147 cm³/mol. The van der Waals surface area contributed by atoms with Crippen molar-refractivity contribution in [3.63, 3.8) is 0 Å². The average Bonchev–Trinajstić information content (AvgIpc) is 2.95. The Morgan fingerprint density at radius 3 is 2.08 bits per heavy atom. The Bertz CT molecular complexity index is 1360. The normalized spacial score (nSPS) is 10.3. The highest BCUT2D eigenvalue weighted by Gasteiger charge is 2.13. The van der Waals surface area contributed by atoms with Crippen LogP contribution in [0.25, 0.3) is 0 Å². The maximum Gasteiger partial charge on any atom is 0.258 e. The summed E-state index contributed by atoms with van der Waals surface area (Å²) in [5.74, 6) is -0.581. The third kappa shape index (κ3) is 7.05. The number of para-hydroxylation sites is 1. The van der Waals surface area contributed by atoms with Gasteiger partial charge in [0, 0.05) is 41.8 Å². The van der Waals surface area contributed by atoms with Crippen molar-refractivity contribution in [1.82, 2.24) is 5.32 Å². The van der Waals surface area contributed by atoms with Crippen LogP contribution in [-0.2, 0) is 11.3 Å². The highest BCUT2D eigenvalue weighted by molar-refractivity contribution is 6.06. The minimum atomic E-state index is -0.251. The number of amides is 3. The van der Waals surface area contributed by atoms with Crippen molar-refractivity contribution in [1.29, 1.82) is 0 Å². The molecule has 0 saturated heterocycles. The van der Waals surface area contributed by atoms with E-state index in [-0.39, 0.29) is 24.3 Å². The maximum atomic E-state index is 12.7. The molecule has 186 valence electrons. The molecule has 3 N–H and O–H groups in total. The molecule has 0 bridgehead atoms. The summed E-state index contributed by atoms with van der Waals surface area (Å²) in [6, 6.07) is 32.8. The first-order valence-corrected chi connectivity index (χ1v) is 11.9. The van der Waals surface area contributed by atoms with Crippen molar-refractivity contribution < 1.29 is 14.4 Å². The minimum absolute atomic E-state index is 0.0204. The molecule has 4 aromatic rings. The zero-order chi connectivity index (χ0) is 26.0. The highest BCUT2D eigenvalue weighted by Crippen LogP contribution is 2.17. The molecule has 0 radical (unpaired) electrons. The van der Waals surface area contributed by atoms with E-state index in [1.807, 2.05) is 60.7 Å². The number of hydrogen-bond donors (Lipinski definition) is 3. The van der Waals surface area contributed by atoms with E-state index in [2.05, 4.69) is 16.0 Å². The number of nitrogens with one attached hydrogen (secondary N) is 3. The number of hydrogen-bond acceptors (Lipinski definition) is 4. The van der Waals surface area contributed by atoms with E-state index >= 15 is 0 Å². The van der Waals surface area contributed by atoms with E-state index in [0.29, 0.717) is 29.0 Å². The molecule has 0 aliphatic heterocycles. The van der Waals surface area contributed by atoms with Crippen molar-refractivity contribution in [3.8, 4) is 0 Å². The number of benzene rings is 4. The molecule has 0 aliphatic rings. The van der Waals surface area contributed by atoms with Gasteiger partial charge in [-0.1, -0.05) is 54.6 Å². The Morgan fingerprint density at radius 2 is 1.38 bits per heavy atom. The van der Waals surface area contributed by atoms with Gasteiger partial charge in [0.05, 0.1) is 6.54 Å². The monoisotopic (exact) mass is 492 g/mol. The van der Waals surface area contributed by atoms with Gasteiger partial charge >= 0.3 is 0 Å². The zero-order valence-corrected chi connectivity index (χ0v) is 20.5. The Hall–Kier alpha value is -4.91. The molecule has 0 spiro atoms. The molecule has 0 aromatic heterocycles. The van der Waals surface area contributed by atoms with E-state index in [1.54, 1.807) is 60.5 Å². The average molecular weight is 493 g/mol. The molecular formula is C30H28N4O3. The first-order chi connectivity index (χ1) is 18.0. The SMILES string of the molecule is CN(C(=O)c1ccc(NC(=O)CNc2cccc(C(=O)NCc3ccccc3)c2)cc1)c1ccccc1. The van der Waals surface area contributed by atoms with Gasteiger partial charge in [0.15, 0.2) is 0 Å². The largest absolute Gasteiger partial charge is 0.376 e. The van der Waals surface area contributed by atoms with Crippen LogP contribution >= 0.6 is 0 Å². The van der Waals surface area contributed by atoms with Gasteiger partial charge in [0.25, 0.3) is 11.8 Å². The lowest BCUT2D eigenvalue weighted by Gasteiger charge is -2.17. The number of carbonyl (C=O) groups is 3. The fraction of sp³-hybridized carbons (Fsp3) is 0.100. The van der Waals surface area contributed by atoms with Crippen LogP contribution in [0, 0.1) is 0 Å². The molecule has 0 aliphatic carbocycles. The van der Waals surface area contributed by atoms with Gasteiger partial charge in [-0.25, -0.2) is 0 Å². The Labute approximate surface area is 216 Å². The summed E-state index contributed by atoms with van der Waals surface area (Å²) in [6.07, 6.45) is 0. The van der Waals surface area contributed by atoms with E-state index in [9.17, 15) is 14.4 Å². The summed E-state index contributed by atoms with van der Waals surface area (Å²) in [7, 11) is 1.72. The summed E-state index contributed by atoms with van der Waals surface area (Å²) < 4.78 is 0. The molecule has 4 rings (SSSR count). The first kappa shape index (κ1) is 25.2. The highest BCUT2D eigenvalue weighted by atomic mass is 16.2.